The summed E-state index contributed by atoms with van der Waals surface area (Å²) in [6, 6.07) is 11.1. The molecule has 1 heterocycles. The van der Waals surface area contributed by atoms with Crippen molar-refractivity contribution in [2.45, 2.75) is 33.4 Å². The molecular formula is C17H24N2S. The van der Waals surface area contributed by atoms with Gasteiger partial charge in [0.2, 0.25) is 0 Å². The van der Waals surface area contributed by atoms with E-state index >= 15 is 0 Å². The predicted molar refractivity (Wildman–Crippen MR) is 89.6 cm³/mol. The van der Waals surface area contributed by atoms with Crippen molar-refractivity contribution < 1.29 is 0 Å². The lowest BCUT2D eigenvalue weighted by molar-refractivity contribution is 0.673. The minimum Gasteiger partial charge on any atom is -0.369 e. The van der Waals surface area contributed by atoms with Crippen molar-refractivity contribution in [1.29, 1.82) is 0 Å². The Morgan fingerprint density at radius 1 is 1.25 bits per heavy atom. The van der Waals surface area contributed by atoms with Crippen LogP contribution in [0.2, 0.25) is 0 Å². The van der Waals surface area contributed by atoms with Gasteiger partial charge in [-0.2, -0.15) is 0 Å². The van der Waals surface area contributed by atoms with Crippen LogP contribution in [-0.2, 0) is 13.1 Å². The molecule has 20 heavy (non-hydrogen) atoms. The second-order valence-corrected chi connectivity index (χ2v) is 6.26. The number of nitrogens with one attached hydrogen (secondary N) is 1. The first-order valence-corrected chi connectivity index (χ1v) is 8.12. The van der Waals surface area contributed by atoms with Gasteiger partial charge in [0.05, 0.1) is 6.54 Å². The van der Waals surface area contributed by atoms with Crippen molar-refractivity contribution in [3.63, 3.8) is 0 Å². The third-order valence-corrected chi connectivity index (χ3v) is 4.34. The van der Waals surface area contributed by atoms with Crippen LogP contribution in [0.5, 0.6) is 0 Å². The van der Waals surface area contributed by atoms with E-state index in [-0.39, 0.29) is 0 Å². The number of benzene rings is 1. The number of anilines is 1. The van der Waals surface area contributed by atoms with Crippen molar-refractivity contribution in [3.8, 4) is 0 Å². The maximum Gasteiger partial charge on any atom is 0.0519 e. The zero-order chi connectivity index (χ0) is 14.4. The second-order valence-electron chi connectivity index (χ2n) is 5.22. The van der Waals surface area contributed by atoms with E-state index in [9.17, 15) is 0 Å². The quantitative estimate of drug-likeness (QED) is 0.768. The second kappa shape index (κ2) is 7.46. The van der Waals surface area contributed by atoms with Crippen LogP contribution in [0.25, 0.3) is 0 Å². The SMILES string of the molecule is CCCNCc1ccc(N(C)Cc2cccs2)cc1C. The maximum absolute atomic E-state index is 3.47. The van der Waals surface area contributed by atoms with Gasteiger partial charge in [0.25, 0.3) is 0 Å². The first-order chi connectivity index (χ1) is 9.70. The molecule has 0 spiro atoms. The van der Waals surface area contributed by atoms with Gasteiger partial charge in [-0.05, 0) is 54.6 Å². The largest absolute Gasteiger partial charge is 0.369 e. The number of aryl methyl sites for hydroxylation is 1. The summed E-state index contributed by atoms with van der Waals surface area (Å²) in [5.41, 5.74) is 4.05. The van der Waals surface area contributed by atoms with Crippen molar-refractivity contribution in [2.75, 3.05) is 18.5 Å². The molecule has 1 N–H and O–H groups in total. The van der Waals surface area contributed by atoms with E-state index in [2.05, 4.69) is 66.8 Å². The third-order valence-electron chi connectivity index (χ3n) is 3.48. The average Bonchev–Trinajstić information content (AvgIpc) is 2.93. The van der Waals surface area contributed by atoms with Crippen LogP contribution in [-0.4, -0.2) is 13.6 Å². The van der Waals surface area contributed by atoms with Gasteiger partial charge < -0.3 is 10.2 Å². The molecule has 0 aliphatic carbocycles. The molecule has 108 valence electrons. The van der Waals surface area contributed by atoms with Gasteiger partial charge in [0.15, 0.2) is 0 Å². The zero-order valence-electron chi connectivity index (χ0n) is 12.6. The van der Waals surface area contributed by atoms with E-state index in [1.165, 1.54) is 28.1 Å². The van der Waals surface area contributed by atoms with Gasteiger partial charge >= 0.3 is 0 Å². The molecule has 2 nitrogen and oxygen atoms in total. The van der Waals surface area contributed by atoms with Gasteiger partial charge in [-0.15, -0.1) is 11.3 Å². The lowest BCUT2D eigenvalue weighted by atomic mass is 10.1. The van der Waals surface area contributed by atoms with Gasteiger partial charge in [-0.1, -0.05) is 19.1 Å². The summed E-state index contributed by atoms with van der Waals surface area (Å²) in [5, 5.41) is 5.60. The van der Waals surface area contributed by atoms with Gasteiger partial charge in [0.1, 0.15) is 0 Å². The maximum atomic E-state index is 3.47. The Balaban J connectivity index is 2.00. The molecule has 0 unspecified atom stereocenters. The predicted octanol–water partition coefficient (Wildman–Crippen LogP) is 4.19. The fourth-order valence-electron chi connectivity index (χ4n) is 2.24. The molecule has 2 aromatic rings. The van der Waals surface area contributed by atoms with Crippen LogP contribution in [0.15, 0.2) is 35.7 Å². The third kappa shape index (κ3) is 4.09. The van der Waals surface area contributed by atoms with Gasteiger partial charge in [-0.25, -0.2) is 0 Å². The van der Waals surface area contributed by atoms with E-state index in [4.69, 9.17) is 0 Å². The van der Waals surface area contributed by atoms with Crippen LogP contribution in [0, 0.1) is 6.92 Å². The van der Waals surface area contributed by atoms with Crippen LogP contribution in [0.3, 0.4) is 0 Å². The highest BCUT2D eigenvalue weighted by Crippen LogP contribution is 2.21. The fourth-order valence-corrected chi connectivity index (χ4v) is 3.00. The summed E-state index contributed by atoms with van der Waals surface area (Å²) in [6.07, 6.45) is 1.18. The van der Waals surface area contributed by atoms with Crippen molar-refractivity contribution in [3.05, 3.63) is 51.7 Å². The molecule has 0 aliphatic heterocycles. The highest BCUT2D eigenvalue weighted by atomic mass is 32.1. The molecule has 2 rings (SSSR count). The molecule has 3 heteroatoms. The van der Waals surface area contributed by atoms with Crippen molar-refractivity contribution in [1.82, 2.24) is 5.32 Å². The summed E-state index contributed by atoms with van der Waals surface area (Å²) >= 11 is 1.82. The van der Waals surface area contributed by atoms with Crippen molar-refractivity contribution in [2.24, 2.45) is 0 Å². The van der Waals surface area contributed by atoms with Gasteiger partial charge in [0, 0.05) is 24.2 Å². The van der Waals surface area contributed by atoms with E-state index in [1.807, 2.05) is 11.3 Å². The van der Waals surface area contributed by atoms with Gasteiger partial charge in [-0.3, -0.25) is 0 Å². The molecule has 0 radical (unpaired) electrons. The minimum absolute atomic E-state index is 0.967. The Morgan fingerprint density at radius 2 is 2.10 bits per heavy atom. The van der Waals surface area contributed by atoms with Crippen molar-refractivity contribution >= 4 is 17.0 Å². The summed E-state index contributed by atoms with van der Waals surface area (Å²) in [4.78, 5) is 3.71. The summed E-state index contributed by atoms with van der Waals surface area (Å²) in [7, 11) is 2.16. The average molecular weight is 288 g/mol. The highest BCUT2D eigenvalue weighted by molar-refractivity contribution is 7.09. The molecular weight excluding hydrogens is 264 g/mol. The van der Waals surface area contributed by atoms with Crippen LogP contribution in [0.4, 0.5) is 5.69 Å². The number of hydrogen-bond donors (Lipinski definition) is 1. The molecule has 1 aromatic heterocycles. The topological polar surface area (TPSA) is 15.3 Å². The molecule has 0 amide bonds. The Bertz CT molecular complexity index is 520. The first kappa shape index (κ1) is 15.1. The number of nitrogens with zero attached hydrogens (tertiary/aromatic N) is 1. The van der Waals surface area contributed by atoms with Crippen LogP contribution < -0.4 is 10.2 Å². The summed E-state index contributed by atoms with van der Waals surface area (Å²) in [6.45, 7) is 7.42. The lowest BCUT2D eigenvalue weighted by Gasteiger charge is -2.20. The van der Waals surface area contributed by atoms with E-state index in [0.29, 0.717) is 0 Å². The number of rotatable bonds is 7. The molecule has 0 atom stereocenters. The fraction of sp³-hybridized carbons (Fsp3) is 0.412. The van der Waals surface area contributed by atoms with E-state index in [0.717, 1.165) is 19.6 Å². The number of thiophene rings is 1. The first-order valence-electron chi connectivity index (χ1n) is 7.24. The molecule has 0 saturated carbocycles. The molecule has 0 fully saturated rings. The van der Waals surface area contributed by atoms with E-state index < -0.39 is 0 Å². The molecule has 0 aliphatic rings. The normalized spacial score (nSPS) is 10.8. The lowest BCUT2D eigenvalue weighted by Crippen LogP contribution is -2.17. The minimum atomic E-state index is 0.967. The standard InChI is InChI=1S/C17H24N2S/c1-4-9-18-12-15-7-8-16(11-14(15)2)19(3)13-17-6-5-10-20-17/h5-8,10-11,18H,4,9,12-13H2,1-3H3. The summed E-state index contributed by atoms with van der Waals surface area (Å²) < 4.78 is 0. The van der Waals surface area contributed by atoms with E-state index in [1.54, 1.807) is 0 Å². The monoisotopic (exact) mass is 288 g/mol. The Hall–Kier alpha value is -1.32. The Morgan fingerprint density at radius 3 is 2.75 bits per heavy atom. The number of hydrogen-bond acceptors (Lipinski definition) is 3. The molecule has 0 saturated heterocycles. The molecule has 1 aromatic carbocycles. The smallest absolute Gasteiger partial charge is 0.0519 e. The summed E-state index contributed by atoms with van der Waals surface area (Å²) in [5.74, 6) is 0. The van der Waals surface area contributed by atoms with Crippen LogP contribution >= 0.6 is 11.3 Å². The zero-order valence-corrected chi connectivity index (χ0v) is 13.5. The Kier molecular flexibility index (Phi) is 5.62. The molecule has 0 bridgehead atoms. The highest BCUT2D eigenvalue weighted by Gasteiger charge is 2.05. The van der Waals surface area contributed by atoms with Crippen LogP contribution in [0.1, 0.15) is 29.3 Å². The Labute approximate surface area is 126 Å².